The van der Waals surface area contributed by atoms with Gasteiger partial charge in [-0.1, -0.05) is 25.1 Å². The number of ether oxygens (including phenoxy) is 1. The minimum absolute atomic E-state index is 0.153. The first-order chi connectivity index (χ1) is 10.1. The third kappa shape index (κ3) is 4.15. The molecule has 0 radical (unpaired) electrons. The lowest BCUT2D eigenvalue weighted by atomic mass is 10.2. The molecule has 0 unspecified atom stereocenters. The molecule has 2 aromatic rings. The topological polar surface area (TPSA) is 68.3 Å². The molecule has 0 aliphatic heterocycles. The zero-order valence-electron chi connectivity index (χ0n) is 12.3. The Morgan fingerprint density at radius 1 is 1.24 bits per heavy atom. The summed E-state index contributed by atoms with van der Waals surface area (Å²) in [4.78, 5) is 4.56. The van der Waals surface area contributed by atoms with Gasteiger partial charge in [0.2, 0.25) is 0 Å². The number of para-hydroxylation sites is 1. The molecule has 0 aliphatic rings. The van der Waals surface area contributed by atoms with Crippen molar-refractivity contribution in [1.82, 2.24) is 10.3 Å². The lowest BCUT2D eigenvalue weighted by Gasteiger charge is -2.08. The van der Waals surface area contributed by atoms with Crippen LogP contribution < -0.4 is 10.1 Å². The van der Waals surface area contributed by atoms with E-state index in [1.54, 1.807) is 14.0 Å². The summed E-state index contributed by atoms with van der Waals surface area (Å²) in [5.41, 5.74) is 1.68. The highest BCUT2D eigenvalue weighted by molar-refractivity contribution is 7.91. The normalized spacial score (nSPS) is 11.7. The summed E-state index contributed by atoms with van der Waals surface area (Å²) in [6, 6.07) is 9.71. The van der Waals surface area contributed by atoms with E-state index < -0.39 is 9.84 Å². The van der Waals surface area contributed by atoms with Crippen LogP contribution in [0.2, 0.25) is 0 Å². The second kappa shape index (κ2) is 6.87. The molecular formula is C15H20N2O3S. The predicted octanol–water partition coefficient (Wildman–Crippen LogP) is 1.77. The van der Waals surface area contributed by atoms with Crippen LogP contribution in [0.5, 0.6) is 5.75 Å². The van der Waals surface area contributed by atoms with Crippen molar-refractivity contribution >= 4 is 20.7 Å². The predicted molar refractivity (Wildman–Crippen MR) is 84.3 cm³/mol. The van der Waals surface area contributed by atoms with Gasteiger partial charge in [-0.25, -0.2) is 13.4 Å². The fourth-order valence-corrected chi connectivity index (χ4v) is 2.76. The molecule has 0 aliphatic carbocycles. The highest BCUT2D eigenvalue weighted by Crippen LogP contribution is 2.23. The molecule has 0 saturated carbocycles. The van der Waals surface area contributed by atoms with Crippen LogP contribution in [0.4, 0.5) is 0 Å². The number of fused-ring (bicyclic) bond motifs is 1. The summed E-state index contributed by atoms with van der Waals surface area (Å²) in [5.74, 6) is 1.07. The van der Waals surface area contributed by atoms with Gasteiger partial charge in [-0.2, -0.15) is 0 Å². The van der Waals surface area contributed by atoms with Crippen molar-refractivity contribution in [3.8, 4) is 5.75 Å². The Kier molecular flexibility index (Phi) is 5.14. The van der Waals surface area contributed by atoms with Gasteiger partial charge in [0.05, 0.1) is 18.6 Å². The van der Waals surface area contributed by atoms with Gasteiger partial charge in [-0.05, 0) is 12.1 Å². The standard InChI is InChI=1S/C15H20N2O3S/c1-3-21(18,19)10-9-16-11-13-8-7-12-5-4-6-14(20-2)15(12)17-13/h4-8,16H,3,9-11H2,1-2H3. The number of benzene rings is 1. The Balaban J connectivity index is 2.03. The monoisotopic (exact) mass is 308 g/mol. The Hall–Kier alpha value is -1.66. The number of hydrogen-bond acceptors (Lipinski definition) is 5. The molecule has 1 aromatic carbocycles. The van der Waals surface area contributed by atoms with Gasteiger partial charge in [0.15, 0.2) is 9.84 Å². The van der Waals surface area contributed by atoms with Crippen LogP contribution in [0.15, 0.2) is 30.3 Å². The fourth-order valence-electron chi connectivity index (χ4n) is 2.01. The van der Waals surface area contributed by atoms with E-state index in [2.05, 4.69) is 10.3 Å². The second-order valence-electron chi connectivity index (χ2n) is 4.75. The summed E-state index contributed by atoms with van der Waals surface area (Å²) in [5, 5.41) is 4.13. The lowest BCUT2D eigenvalue weighted by molar-refractivity contribution is 0.419. The summed E-state index contributed by atoms with van der Waals surface area (Å²) in [6.45, 7) is 2.63. The Morgan fingerprint density at radius 2 is 2.05 bits per heavy atom. The number of aromatic nitrogens is 1. The molecule has 1 N–H and O–H groups in total. The first-order valence-electron chi connectivity index (χ1n) is 6.89. The van der Waals surface area contributed by atoms with Gasteiger partial charge >= 0.3 is 0 Å². The summed E-state index contributed by atoms with van der Waals surface area (Å²) < 4.78 is 28.1. The van der Waals surface area contributed by atoms with Crippen LogP contribution in [-0.2, 0) is 16.4 Å². The van der Waals surface area contributed by atoms with Gasteiger partial charge in [0.1, 0.15) is 11.3 Å². The van der Waals surface area contributed by atoms with Gasteiger partial charge in [0, 0.05) is 24.2 Å². The second-order valence-corrected chi connectivity index (χ2v) is 7.22. The molecule has 0 fully saturated rings. The molecule has 114 valence electrons. The largest absolute Gasteiger partial charge is 0.494 e. The van der Waals surface area contributed by atoms with E-state index in [0.717, 1.165) is 22.3 Å². The van der Waals surface area contributed by atoms with Gasteiger partial charge < -0.3 is 10.1 Å². The number of sulfone groups is 1. The van der Waals surface area contributed by atoms with Crippen LogP contribution in [0.25, 0.3) is 10.9 Å². The van der Waals surface area contributed by atoms with E-state index in [-0.39, 0.29) is 11.5 Å². The molecule has 0 bridgehead atoms. The van der Waals surface area contributed by atoms with Crippen LogP contribution >= 0.6 is 0 Å². The summed E-state index contributed by atoms with van der Waals surface area (Å²) in [6.07, 6.45) is 0. The van der Waals surface area contributed by atoms with E-state index in [1.165, 1.54) is 0 Å². The molecule has 0 saturated heterocycles. The van der Waals surface area contributed by atoms with Crippen molar-refractivity contribution in [2.75, 3.05) is 25.2 Å². The molecule has 5 nitrogen and oxygen atoms in total. The number of hydrogen-bond donors (Lipinski definition) is 1. The molecule has 6 heteroatoms. The average molecular weight is 308 g/mol. The molecule has 2 rings (SSSR count). The zero-order chi connectivity index (χ0) is 15.3. The number of pyridine rings is 1. The van der Waals surface area contributed by atoms with E-state index in [9.17, 15) is 8.42 Å². The maximum Gasteiger partial charge on any atom is 0.151 e. The molecule has 21 heavy (non-hydrogen) atoms. The lowest BCUT2D eigenvalue weighted by Crippen LogP contribution is -2.23. The number of methoxy groups -OCH3 is 1. The minimum atomic E-state index is -2.92. The molecular weight excluding hydrogens is 288 g/mol. The summed E-state index contributed by atoms with van der Waals surface area (Å²) >= 11 is 0. The third-order valence-electron chi connectivity index (χ3n) is 3.30. The van der Waals surface area contributed by atoms with Crippen LogP contribution in [0, 0.1) is 0 Å². The van der Waals surface area contributed by atoms with Crippen molar-refractivity contribution in [3.05, 3.63) is 36.0 Å². The van der Waals surface area contributed by atoms with Gasteiger partial charge in [-0.15, -0.1) is 0 Å². The number of nitrogens with zero attached hydrogens (tertiary/aromatic N) is 1. The Labute approximate surface area is 125 Å². The molecule has 0 spiro atoms. The van der Waals surface area contributed by atoms with Crippen molar-refractivity contribution in [2.45, 2.75) is 13.5 Å². The smallest absolute Gasteiger partial charge is 0.151 e. The maximum absolute atomic E-state index is 11.4. The fraction of sp³-hybridized carbons (Fsp3) is 0.400. The van der Waals surface area contributed by atoms with E-state index in [1.807, 2.05) is 30.3 Å². The first-order valence-corrected chi connectivity index (χ1v) is 8.71. The first kappa shape index (κ1) is 15.7. The summed E-state index contributed by atoms with van der Waals surface area (Å²) in [7, 11) is -1.30. The number of rotatable bonds is 7. The van der Waals surface area contributed by atoms with Crippen LogP contribution in [0.1, 0.15) is 12.6 Å². The van der Waals surface area contributed by atoms with Gasteiger partial charge in [-0.3, -0.25) is 0 Å². The molecule has 1 aromatic heterocycles. The van der Waals surface area contributed by atoms with Crippen molar-refractivity contribution in [1.29, 1.82) is 0 Å². The zero-order valence-corrected chi connectivity index (χ0v) is 13.1. The highest BCUT2D eigenvalue weighted by atomic mass is 32.2. The molecule has 0 amide bonds. The van der Waals surface area contributed by atoms with Crippen LogP contribution in [-0.4, -0.2) is 38.6 Å². The number of nitrogens with one attached hydrogen (secondary N) is 1. The van der Waals surface area contributed by atoms with Crippen molar-refractivity contribution < 1.29 is 13.2 Å². The van der Waals surface area contributed by atoms with E-state index >= 15 is 0 Å². The van der Waals surface area contributed by atoms with Gasteiger partial charge in [0.25, 0.3) is 0 Å². The maximum atomic E-state index is 11.4. The average Bonchev–Trinajstić information content (AvgIpc) is 2.51. The van der Waals surface area contributed by atoms with Crippen molar-refractivity contribution in [2.24, 2.45) is 0 Å². The Morgan fingerprint density at radius 3 is 2.76 bits per heavy atom. The quantitative estimate of drug-likeness (QED) is 0.790. The van der Waals surface area contributed by atoms with Crippen LogP contribution in [0.3, 0.4) is 0 Å². The Bertz CT molecular complexity index is 714. The third-order valence-corrected chi connectivity index (χ3v) is 5.00. The minimum Gasteiger partial charge on any atom is -0.494 e. The highest BCUT2D eigenvalue weighted by Gasteiger charge is 2.07. The van der Waals surface area contributed by atoms with Crippen molar-refractivity contribution in [3.63, 3.8) is 0 Å². The van der Waals surface area contributed by atoms with E-state index in [4.69, 9.17) is 4.74 Å². The molecule has 0 atom stereocenters. The SMILES string of the molecule is CCS(=O)(=O)CCNCc1ccc2cccc(OC)c2n1. The van der Waals surface area contributed by atoms with E-state index in [0.29, 0.717) is 13.1 Å². The molecule has 1 heterocycles.